The zero-order valence-corrected chi connectivity index (χ0v) is 12.4. The van der Waals surface area contributed by atoms with Crippen molar-refractivity contribution in [3.8, 4) is 5.75 Å². The smallest absolute Gasteiger partial charge is 0.119 e. The van der Waals surface area contributed by atoms with Crippen molar-refractivity contribution in [2.75, 3.05) is 6.54 Å². The number of ether oxygens (including phenoxy) is 1. The minimum atomic E-state index is 0.236. The Labute approximate surface area is 112 Å². The summed E-state index contributed by atoms with van der Waals surface area (Å²) in [6.45, 7) is 11.8. The minimum Gasteiger partial charge on any atom is -0.491 e. The Kier molecular flexibility index (Phi) is 6.20. The zero-order valence-electron chi connectivity index (χ0n) is 12.4. The Hall–Kier alpha value is -1.02. The van der Waals surface area contributed by atoms with Gasteiger partial charge in [-0.3, -0.25) is 0 Å². The largest absolute Gasteiger partial charge is 0.491 e. The molecule has 0 spiro atoms. The van der Waals surface area contributed by atoms with E-state index in [1.54, 1.807) is 0 Å². The summed E-state index contributed by atoms with van der Waals surface area (Å²) in [6, 6.07) is 9.00. The summed E-state index contributed by atoms with van der Waals surface area (Å²) in [5, 5.41) is 3.48. The van der Waals surface area contributed by atoms with Crippen LogP contribution in [0.4, 0.5) is 0 Å². The molecule has 0 fully saturated rings. The van der Waals surface area contributed by atoms with E-state index in [2.05, 4.69) is 58.1 Å². The zero-order chi connectivity index (χ0) is 13.5. The van der Waals surface area contributed by atoms with E-state index < -0.39 is 0 Å². The van der Waals surface area contributed by atoms with Gasteiger partial charge in [-0.15, -0.1) is 0 Å². The summed E-state index contributed by atoms with van der Waals surface area (Å²) in [5.74, 6) is 1.62. The van der Waals surface area contributed by atoms with Gasteiger partial charge < -0.3 is 10.1 Å². The second-order valence-corrected chi connectivity index (χ2v) is 5.69. The van der Waals surface area contributed by atoms with Gasteiger partial charge in [0, 0.05) is 6.04 Å². The van der Waals surface area contributed by atoms with Crippen LogP contribution in [0.2, 0.25) is 0 Å². The first-order valence-corrected chi connectivity index (χ1v) is 6.96. The Morgan fingerprint density at radius 2 is 1.83 bits per heavy atom. The fourth-order valence-electron chi connectivity index (χ4n) is 1.93. The van der Waals surface area contributed by atoms with E-state index in [-0.39, 0.29) is 6.10 Å². The number of rotatable bonds is 7. The third-order valence-electron chi connectivity index (χ3n) is 2.73. The fourth-order valence-corrected chi connectivity index (χ4v) is 1.93. The highest BCUT2D eigenvalue weighted by Crippen LogP contribution is 2.17. The number of nitrogens with one attached hydrogen (secondary N) is 1. The molecule has 1 aromatic rings. The molecule has 1 N–H and O–H groups in total. The van der Waals surface area contributed by atoms with Crippen LogP contribution in [0.5, 0.6) is 5.75 Å². The van der Waals surface area contributed by atoms with Gasteiger partial charge in [-0.25, -0.2) is 0 Å². The Morgan fingerprint density at radius 3 is 2.44 bits per heavy atom. The predicted octanol–water partition coefficient (Wildman–Crippen LogP) is 3.65. The van der Waals surface area contributed by atoms with E-state index >= 15 is 0 Å². The van der Waals surface area contributed by atoms with E-state index in [0.717, 1.165) is 18.7 Å². The van der Waals surface area contributed by atoms with Gasteiger partial charge in [0.1, 0.15) is 5.75 Å². The van der Waals surface area contributed by atoms with Crippen LogP contribution in [-0.4, -0.2) is 18.7 Å². The van der Waals surface area contributed by atoms with Crippen molar-refractivity contribution in [1.29, 1.82) is 0 Å². The average Bonchev–Trinajstić information content (AvgIpc) is 2.26. The lowest BCUT2D eigenvalue weighted by Crippen LogP contribution is -2.28. The van der Waals surface area contributed by atoms with Gasteiger partial charge in [0.15, 0.2) is 0 Å². The van der Waals surface area contributed by atoms with Gasteiger partial charge >= 0.3 is 0 Å². The molecule has 102 valence electrons. The third-order valence-corrected chi connectivity index (χ3v) is 2.73. The molecule has 0 amide bonds. The molecule has 2 heteroatoms. The van der Waals surface area contributed by atoms with Gasteiger partial charge in [-0.05, 0) is 50.4 Å². The molecule has 0 aliphatic carbocycles. The molecule has 0 saturated heterocycles. The molecule has 1 unspecified atom stereocenters. The lowest BCUT2D eigenvalue weighted by Gasteiger charge is -2.16. The molecule has 0 saturated carbocycles. The Balaban J connectivity index is 2.50. The van der Waals surface area contributed by atoms with Crippen LogP contribution in [0.25, 0.3) is 0 Å². The summed E-state index contributed by atoms with van der Waals surface area (Å²) in [7, 11) is 0. The Morgan fingerprint density at radius 1 is 1.11 bits per heavy atom. The lowest BCUT2D eigenvalue weighted by atomic mass is 10.0. The maximum atomic E-state index is 5.72. The van der Waals surface area contributed by atoms with E-state index in [0.29, 0.717) is 12.0 Å². The standard InChI is InChI=1S/C16H27NO/c1-12(2)17-11-14(5)9-15-7-6-8-16(10-15)18-13(3)4/h6-8,10,12-14,17H,9,11H2,1-5H3. The maximum absolute atomic E-state index is 5.72. The minimum absolute atomic E-state index is 0.236. The van der Waals surface area contributed by atoms with Crippen molar-refractivity contribution < 1.29 is 4.74 Å². The topological polar surface area (TPSA) is 21.3 Å². The summed E-state index contributed by atoms with van der Waals surface area (Å²) in [4.78, 5) is 0. The summed E-state index contributed by atoms with van der Waals surface area (Å²) >= 11 is 0. The molecule has 1 aromatic carbocycles. The first-order chi connectivity index (χ1) is 8.47. The molecule has 18 heavy (non-hydrogen) atoms. The molecule has 2 nitrogen and oxygen atoms in total. The molecule has 0 bridgehead atoms. The van der Waals surface area contributed by atoms with Crippen LogP contribution in [0.1, 0.15) is 40.2 Å². The number of benzene rings is 1. The van der Waals surface area contributed by atoms with Gasteiger partial charge in [-0.2, -0.15) is 0 Å². The molecule has 0 aliphatic heterocycles. The van der Waals surface area contributed by atoms with Crippen molar-refractivity contribution in [2.45, 2.75) is 53.2 Å². The fraction of sp³-hybridized carbons (Fsp3) is 0.625. The van der Waals surface area contributed by atoms with Crippen molar-refractivity contribution in [3.05, 3.63) is 29.8 Å². The third kappa shape index (κ3) is 6.06. The van der Waals surface area contributed by atoms with Crippen LogP contribution in [0.3, 0.4) is 0 Å². The number of hydrogen-bond acceptors (Lipinski definition) is 2. The summed E-state index contributed by atoms with van der Waals surface area (Å²) in [5.41, 5.74) is 1.35. The summed E-state index contributed by atoms with van der Waals surface area (Å²) < 4.78 is 5.72. The average molecular weight is 249 g/mol. The first-order valence-electron chi connectivity index (χ1n) is 6.96. The van der Waals surface area contributed by atoms with Crippen LogP contribution >= 0.6 is 0 Å². The van der Waals surface area contributed by atoms with E-state index in [9.17, 15) is 0 Å². The van der Waals surface area contributed by atoms with Crippen molar-refractivity contribution in [3.63, 3.8) is 0 Å². The van der Waals surface area contributed by atoms with E-state index in [1.807, 2.05) is 6.07 Å². The van der Waals surface area contributed by atoms with Crippen molar-refractivity contribution in [1.82, 2.24) is 5.32 Å². The van der Waals surface area contributed by atoms with Crippen LogP contribution < -0.4 is 10.1 Å². The molecule has 0 radical (unpaired) electrons. The van der Waals surface area contributed by atoms with Crippen molar-refractivity contribution >= 4 is 0 Å². The maximum Gasteiger partial charge on any atom is 0.119 e. The summed E-state index contributed by atoms with van der Waals surface area (Å²) in [6.07, 6.45) is 1.33. The SMILES string of the molecule is CC(CNC(C)C)Cc1cccc(OC(C)C)c1. The van der Waals surface area contributed by atoms with Crippen LogP contribution in [0.15, 0.2) is 24.3 Å². The molecule has 0 heterocycles. The lowest BCUT2D eigenvalue weighted by molar-refractivity contribution is 0.242. The van der Waals surface area contributed by atoms with Gasteiger partial charge in [0.2, 0.25) is 0 Å². The van der Waals surface area contributed by atoms with Crippen LogP contribution in [-0.2, 0) is 6.42 Å². The highest BCUT2D eigenvalue weighted by atomic mass is 16.5. The quantitative estimate of drug-likeness (QED) is 0.796. The van der Waals surface area contributed by atoms with Crippen molar-refractivity contribution in [2.24, 2.45) is 5.92 Å². The molecular weight excluding hydrogens is 222 g/mol. The molecule has 0 aliphatic rings. The number of hydrogen-bond donors (Lipinski definition) is 1. The first kappa shape index (κ1) is 15.0. The predicted molar refractivity (Wildman–Crippen MR) is 78.2 cm³/mol. The molecule has 1 atom stereocenters. The Bertz CT molecular complexity index is 347. The van der Waals surface area contributed by atoms with Gasteiger partial charge in [-0.1, -0.05) is 32.9 Å². The second kappa shape index (κ2) is 7.42. The highest BCUT2D eigenvalue weighted by molar-refractivity contribution is 5.29. The normalized spacial score (nSPS) is 13.1. The molecular formula is C16H27NO. The monoisotopic (exact) mass is 249 g/mol. The highest BCUT2D eigenvalue weighted by Gasteiger charge is 2.06. The second-order valence-electron chi connectivity index (χ2n) is 5.69. The van der Waals surface area contributed by atoms with E-state index in [4.69, 9.17) is 4.74 Å². The van der Waals surface area contributed by atoms with Gasteiger partial charge in [0.05, 0.1) is 6.10 Å². The van der Waals surface area contributed by atoms with Gasteiger partial charge in [0.25, 0.3) is 0 Å². The molecule has 1 rings (SSSR count). The van der Waals surface area contributed by atoms with Crippen LogP contribution in [0, 0.1) is 5.92 Å². The molecule has 0 aromatic heterocycles. The van der Waals surface area contributed by atoms with E-state index in [1.165, 1.54) is 5.56 Å².